The summed E-state index contributed by atoms with van der Waals surface area (Å²) in [5, 5.41) is 10.0. The van der Waals surface area contributed by atoms with Crippen molar-refractivity contribution >= 4 is 7.48 Å². The van der Waals surface area contributed by atoms with Crippen LogP contribution < -0.4 is 0 Å². The first-order valence-corrected chi connectivity index (χ1v) is 6.22. The normalized spacial score (nSPS) is 13.2. The summed E-state index contributed by atoms with van der Waals surface area (Å²) in [5.74, 6) is 0. The Kier molecular flexibility index (Phi) is 6.11. The van der Waals surface area contributed by atoms with Crippen molar-refractivity contribution in [2.45, 2.75) is 59.7 Å². The molecule has 0 saturated heterocycles. The van der Waals surface area contributed by atoms with Crippen molar-refractivity contribution in [3.63, 3.8) is 0 Å². The number of hydrogen-bond donors (Lipinski definition) is 1. The average Bonchev–Trinajstić information content (AvgIpc) is 2.14. The molecular formula is C15H26BO2. The average molecular weight is 249 g/mol. The Balaban J connectivity index is 4.81. The molecule has 0 fully saturated rings. The summed E-state index contributed by atoms with van der Waals surface area (Å²) >= 11 is 0. The molecular weight excluding hydrogens is 223 g/mol. The van der Waals surface area contributed by atoms with Crippen LogP contribution in [0, 0.1) is 0 Å². The van der Waals surface area contributed by atoms with Gasteiger partial charge in [0.25, 0.3) is 0 Å². The zero-order valence-corrected chi connectivity index (χ0v) is 12.8. The van der Waals surface area contributed by atoms with Gasteiger partial charge >= 0.3 is 7.48 Å². The van der Waals surface area contributed by atoms with E-state index in [2.05, 4.69) is 6.58 Å². The zero-order chi connectivity index (χ0) is 14.6. The van der Waals surface area contributed by atoms with Crippen molar-refractivity contribution in [2.75, 3.05) is 0 Å². The SMILES string of the molecule is C=C(C)/C([B]OC(C)(C)C(C)(C)O)=C\C=C(C)C. The maximum absolute atomic E-state index is 10.0. The van der Waals surface area contributed by atoms with Gasteiger partial charge in [0.1, 0.15) is 0 Å². The molecule has 0 aromatic rings. The summed E-state index contributed by atoms with van der Waals surface area (Å²) in [6.45, 7) is 17.1. The lowest BCUT2D eigenvalue weighted by Gasteiger charge is -2.37. The Labute approximate surface area is 113 Å². The van der Waals surface area contributed by atoms with E-state index < -0.39 is 11.2 Å². The molecule has 0 aliphatic rings. The van der Waals surface area contributed by atoms with Crippen LogP contribution in [0.2, 0.25) is 0 Å². The highest BCUT2D eigenvalue weighted by atomic mass is 16.5. The minimum absolute atomic E-state index is 0.660. The van der Waals surface area contributed by atoms with Gasteiger partial charge in [-0.3, -0.25) is 0 Å². The van der Waals surface area contributed by atoms with Gasteiger partial charge in [0.2, 0.25) is 0 Å². The molecule has 0 spiro atoms. The predicted molar refractivity (Wildman–Crippen MR) is 79.5 cm³/mol. The molecule has 0 aliphatic heterocycles. The number of allylic oxidation sites excluding steroid dienone is 5. The lowest BCUT2D eigenvalue weighted by molar-refractivity contribution is -0.0896. The van der Waals surface area contributed by atoms with E-state index in [-0.39, 0.29) is 0 Å². The number of rotatable bonds is 6. The third-order valence-corrected chi connectivity index (χ3v) is 3.04. The fourth-order valence-corrected chi connectivity index (χ4v) is 0.894. The third kappa shape index (κ3) is 5.70. The molecule has 18 heavy (non-hydrogen) atoms. The summed E-state index contributed by atoms with van der Waals surface area (Å²) in [7, 11) is 1.67. The predicted octanol–water partition coefficient (Wildman–Crippen LogP) is 3.60. The van der Waals surface area contributed by atoms with E-state index in [4.69, 9.17) is 4.65 Å². The van der Waals surface area contributed by atoms with Crippen LogP contribution in [-0.4, -0.2) is 23.8 Å². The summed E-state index contributed by atoms with van der Waals surface area (Å²) in [6, 6.07) is 0. The second-order valence-electron chi connectivity index (χ2n) is 5.95. The molecule has 0 aromatic heterocycles. The minimum Gasteiger partial charge on any atom is -0.427 e. The van der Waals surface area contributed by atoms with Gasteiger partial charge in [0.15, 0.2) is 0 Å². The van der Waals surface area contributed by atoms with Crippen molar-refractivity contribution in [2.24, 2.45) is 0 Å². The number of hydrogen-bond acceptors (Lipinski definition) is 2. The number of aliphatic hydroxyl groups is 1. The molecule has 0 aromatic carbocycles. The van der Waals surface area contributed by atoms with Crippen LogP contribution >= 0.6 is 0 Å². The van der Waals surface area contributed by atoms with E-state index in [0.29, 0.717) is 0 Å². The van der Waals surface area contributed by atoms with Crippen molar-refractivity contribution < 1.29 is 9.76 Å². The zero-order valence-electron chi connectivity index (χ0n) is 12.8. The van der Waals surface area contributed by atoms with Crippen molar-refractivity contribution in [1.82, 2.24) is 0 Å². The largest absolute Gasteiger partial charge is 0.427 e. The highest BCUT2D eigenvalue weighted by Gasteiger charge is 2.35. The summed E-state index contributed by atoms with van der Waals surface area (Å²) in [5.41, 5.74) is 1.49. The molecule has 1 N–H and O–H groups in total. The monoisotopic (exact) mass is 249 g/mol. The molecule has 0 amide bonds. The van der Waals surface area contributed by atoms with Crippen molar-refractivity contribution in [3.8, 4) is 0 Å². The quantitative estimate of drug-likeness (QED) is 0.575. The molecule has 0 bridgehead atoms. The second-order valence-corrected chi connectivity index (χ2v) is 5.95. The van der Waals surface area contributed by atoms with Crippen molar-refractivity contribution in [1.29, 1.82) is 0 Å². The van der Waals surface area contributed by atoms with Gasteiger partial charge in [-0.1, -0.05) is 35.3 Å². The summed E-state index contributed by atoms with van der Waals surface area (Å²) in [6.07, 6.45) is 3.99. The first-order chi connectivity index (χ1) is 7.97. The Morgan fingerprint density at radius 1 is 1.11 bits per heavy atom. The molecule has 0 unspecified atom stereocenters. The van der Waals surface area contributed by atoms with E-state index in [9.17, 15) is 5.11 Å². The van der Waals surface area contributed by atoms with Crippen LogP contribution in [0.25, 0.3) is 0 Å². The van der Waals surface area contributed by atoms with Crippen LogP contribution in [0.1, 0.15) is 48.5 Å². The lowest BCUT2D eigenvalue weighted by atomic mass is 9.79. The van der Waals surface area contributed by atoms with E-state index in [1.807, 2.05) is 46.8 Å². The minimum atomic E-state index is -0.916. The molecule has 0 saturated carbocycles. The standard InChI is InChI=1S/C15H26BO2/c1-11(2)9-10-13(12(3)4)16-18-15(7,8)14(5,6)17/h9-10,17H,3H2,1-2,4-8H3/b13-10+. The highest BCUT2D eigenvalue weighted by molar-refractivity contribution is 6.40. The van der Waals surface area contributed by atoms with Gasteiger partial charge in [-0.2, -0.15) is 0 Å². The molecule has 0 aliphatic carbocycles. The van der Waals surface area contributed by atoms with E-state index in [1.165, 1.54) is 5.57 Å². The van der Waals surface area contributed by atoms with Gasteiger partial charge in [-0.15, -0.1) is 0 Å². The Hall–Kier alpha value is -0.795. The van der Waals surface area contributed by atoms with E-state index in [0.717, 1.165) is 11.0 Å². The van der Waals surface area contributed by atoms with Gasteiger partial charge in [0.05, 0.1) is 11.2 Å². The third-order valence-electron chi connectivity index (χ3n) is 3.04. The fraction of sp³-hybridized carbons (Fsp3) is 0.600. The van der Waals surface area contributed by atoms with Gasteiger partial charge in [0, 0.05) is 0 Å². The van der Waals surface area contributed by atoms with Crippen LogP contribution in [0.3, 0.4) is 0 Å². The van der Waals surface area contributed by atoms with Gasteiger partial charge in [-0.05, 0) is 48.5 Å². The summed E-state index contributed by atoms with van der Waals surface area (Å²) in [4.78, 5) is 0. The topological polar surface area (TPSA) is 29.5 Å². The van der Waals surface area contributed by atoms with E-state index >= 15 is 0 Å². The second kappa shape index (κ2) is 6.39. The first kappa shape index (κ1) is 17.2. The smallest absolute Gasteiger partial charge is 0.331 e. The lowest BCUT2D eigenvalue weighted by Crippen LogP contribution is -2.48. The maximum atomic E-state index is 10.0. The summed E-state index contributed by atoms with van der Waals surface area (Å²) < 4.78 is 5.72. The van der Waals surface area contributed by atoms with Crippen LogP contribution in [-0.2, 0) is 4.65 Å². The Morgan fingerprint density at radius 2 is 1.61 bits per heavy atom. The van der Waals surface area contributed by atoms with E-state index in [1.54, 1.807) is 21.3 Å². The molecule has 0 heterocycles. The van der Waals surface area contributed by atoms with Crippen LogP contribution in [0.15, 0.2) is 35.3 Å². The van der Waals surface area contributed by atoms with Gasteiger partial charge in [-0.25, -0.2) is 0 Å². The fourth-order valence-electron chi connectivity index (χ4n) is 0.894. The first-order valence-electron chi connectivity index (χ1n) is 6.22. The Morgan fingerprint density at radius 3 is 1.94 bits per heavy atom. The molecule has 2 nitrogen and oxygen atoms in total. The van der Waals surface area contributed by atoms with Crippen LogP contribution in [0.4, 0.5) is 0 Å². The molecule has 0 atom stereocenters. The molecule has 3 heteroatoms. The van der Waals surface area contributed by atoms with Crippen molar-refractivity contribution in [3.05, 3.63) is 35.3 Å². The van der Waals surface area contributed by atoms with Crippen LogP contribution in [0.5, 0.6) is 0 Å². The highest BCUT2D eigenvalue weighted by Crippen LogP contribution is 2.25. The molecule has 101 valence electrons. The Bertz CT molecular complexity index is 353. The van der Waals surface area contributed by atoms with Gasteiger partial charge < -0.3 is 9.76 Å². The molecule has 0 rings (SSSR count). The maximum Gasteiger partial charge on any atom is 0.331 e. The molecule has 1 radical (unpaired) electrons.